The Bertz CT molecular complexity index is 804. The van der Waals surface area contributed by atoms with E-state index in [2.05, 4.69) is 10.7 Å². The summed E-state index contributed by atoms with van der Waals surface area (Å²) < 4.78 is 18.2. The molecule has 0 aliphatic heterocycles. The van der Waals surface area contributed by atoms with Crippen molar-refractivity contribution in [1.82, 2.24) is 14.8 Å². The van der Waals surface area contributed by atoms with Gasteiger partial charge in [-0.15, -0.1) is 0 Å². The van der Waals surface area contributed by atoms with Gasteiger partial charge in [0, 0.05) is 19.4 Å². The number of fused-ring (bicyclic) bond motifs is 1. The average Bonchev–Trinajstić information content (AvgIpc) is 3.42. The topological polar surface area (TPSA) is 58.4 Å². The summed E-state index contributed by atoms with van der Waals surface area (Å²) in [6.45, 7) is 1.42. The zero-order valence-corrected chi connectivity index (χ0v) is 17.2. The maximum absolute atomic E-state index is 5.44. The molecule has 1 aromatic carbocycles. The molecule has 1 heterocycles. The SMILES string of the molecule is COCCn1nc(Cc2ccc(OC)c(OC)c2)nc1[C@H]1CC[C@@H]2CCC[C@@H]21. The number of aromatic nitrogens is 3. The molecule has 0 bridgehead atoms. The molecule has 2 aliphatic carbocycles. The van der Waals surface area contributed by atoms with E-state index in [0.29, 0.717) is 18.9 Å². The van der Waals surface area contributed by atoms with E-state index in [1.807, 2.05) is 12.1 Å². The molecule has 4 rings (SSSR count). The number of benzene rings is 1. The average molecular weight is 386 g/mol. The van der Waals surface area contributed by atoms with Gasteiger partial charge in [0.25, 0.3) is 0 Å². The normalized spacial score (nSPS) is 23.8. The van der Waals surface area contributed by atoms with E-state index in [1.165, 1.54) is 37.9 Å². The number of hydrogen-bond donors (Lipinski definition) is 0. The third kappa shape index (κ3) is 3.75. The Morgan fingerprint density at radius 1 is 1.04 bits per heavy atom. The van der Waals surface area contributed by atoms with Gasteiger partial charge in [-0.25, -0.2) is 9.67 Å². The van der Waals surface area contributed by atoms with E-state index >= 15 is 0 Å². The minimum absolute atomic E-state index is 0.552. The Kier molecular flexibility index (Phi) is 5.85. The molecule has 0 radical (unpaired) electrons. The van der Waals surface area contributed by atoms with Crippen LogP contribution in [0.5, 0.6) is 11.5 Å². The Morgan fingerprint density at radius 3 is 2.68 bits per heavy atom. The molecule has 0 N–H and O–H groups in total. The maximum atomic E-state index is 5.44. The van der Waals surface area contributed by atoms with Gasteiger partial charge in [0.1, 0.15) is 5.82 Å². The number of methoxy groups -OCH3 is 3. The molecule has 6 nitrogen and oxygen atoms in total. The molecule has 3 atom stereocenters. The van der Waals surface area contributed by atoms with Gasteiger partial charge >= 0.3 is 0 Å². The summed E-state index contributed by atoms with van der Waals surface area (Å²) in [6, 6.07) is 6.01. The fraction of sp³-hybridized carbons (Fsp3) is 0.636. The molecule has 28 heavy (non-hydrogen) atoms. The summed E-state index contributed by atoms with van der Waals surface area (Å²) in [4.78, 5) is 5.02. The highest BCUT2D eigenvalue weighted by Gasteiger charge is 2.42. The molecular weight excluding hydrogens is 354 g/mol. The minimum atomic E-state index is 0.552. The molecule has 0 spiro atoms. The first-order valence-corrected chi connectivity index (χ1v) is 10.4. The van der Waals surface area contributed by atoms with Crippen molar-refractivity contribution in [2.24, 2.45) is 11.8 Å². The largest absolute Gasteiger partial charge is 0.493 e. The number of hydrogen-bond acceptors (Lipinski definition) is 5. The van der Waals surface area contributed by atoms with E-state index in [-0.39, 0.29) is 0 Å². The summed E-state index contributed by atoms with van der Waals surface area (Å²) in [6.07, 6.45) is 7.39. The van der Waals surface area contributed by atoms with Crippen LogP contribution in [0.15, 0.2) is 18.2 Å². The first-order valence-electron chi connectivity index (χ1n) is 10.4. The van der Waals surface area contributed by atoms with Crippen molar-refractivity contribution in [3.8, 4) is 11.5 Å². The van der Waals surface area contributed by atoms with Crippen molar-refractivity contribution >= 4 is 0 Å². The van der Waals surface area contributed by atoms with Gasteiger partial charge in [-0.1, -0.05) is 18.9 Å². The fourth-order valence-corrected chi connectivity index (χ4v) is 5.15. The van der Waals surface area contributed by atoms with Crippen LogP contribution >= 0.6 is 0 Å². The van der Waals surface area contributed by atoms with Crippen LogP contribution < -0.4 is 9.47 Å². The van der Waals surface area contributed by atoms with Gasteiger partial charge < -0.3 is 14.2 Å². The van der Waals surface area contributed by atoms with Crippen LogP contribution in [-0.2, 0) is 17.7 Å². The molecule has 2 saturated carbocycles. The second-order valence-corrected chi connectivity index (χ2v) is 8.01. The van der Waals surface area contributed by atoms with E-state index in [0.717, 1.165) is 41.3 Å². The standard InChI is InChI=1S/C22H31N3O3/c1-26-12-11-25-22(18-9-8-16-5-4-6-17(16)18)23-21(24-25)14-15-7-10-19(27-2)20(13-15)28-3/h7,10,13,16-18H,4-6,8-9,11-12,14H2,1-3H3/t16-,17-,18-/m0/s1. The van der Waals surface area contributed by atoms with Crippen molar-refractivity contribution < 1.29 is 14.2 Å². The first-order chi connectivity index (χ1) is 13.7. The highest BCUT2D eigenvalue weighted by molar-refractivity contribution is 5.43. The van der Waals surface area contributed by atoms with Crippen molar-refractivity contribution in [3.05, 3.63) is 35.4 Å². The van der Waals surface area contributed by atoms with Crippen LogP contribution in [0, 0.1) is 11.8 Å². The van der Waals surface area contributed by atoms with Crippen molar-refractivity contribution in [2.45, 2.75) is 51.0 Å². The summed E-state index contributed by atoms with van der Waals surface area (Å²) in [5.74, 6) is 5.76. The van der Waals surface area contributed by atoms with Gasteiger partial charge in [0.05, 0.1) is 27.4 Å². The van der Waals surface area contributed by atoms with E-state index in [4.69, 9.17) is 24.3 Å². The summed E-state index contributed by atoms with van der Waals surface area (Å²) in [7, 11) is 5.06. The Labute approximate surface area is 167 Å². The van der Waals surface area contributed by atoms with E-state index in [1.54, 1.807) is 21.3 Å². The van der Waals surface area contributed by atoms with Gasteiger partial charge in [0.15, 0.2) is 17.3 Å². The lowest BCUT2D eigenvalue weighted by Gasteiger charge is -2.18. The third-order valence-electron chi connectivity index (χ3n) is 6.48. The Hall–Kier alpha value is -2.08. The van der Waals surface area contributed by atoms with E-state index < -0.39 is 0 Å². The fourth-order valence-electron chi connectivity index (χ4n) is 5.15. The highest BCUT2D eigenvalue weighted by Crippen LogP contribution is 2.51. The van der Waals surface area contributed by atoms with Crippen LogP contribution in [0.2, 0.25) is 0 Å². The third-order valence-corrected chi connectivity index (χ3v) is 6.48. The molecule has 1 aromatic heterocycles. The lowest BCUT2D eigenvalue weighted by Crippen LogP contribution is -2.16. The summed E-state index contributed by atoms with van der Waals surface area (Å²) >= 11 is 0. The van der Waals surface area contributed by atoms with Crippen molar-refractivity contribution in [2.75, 3.05) is 27.9 Å². The van der Waals surface area contributed by atoms with Crippen LogP contribution in [-0.4, -0.2) is 42.7 Å². The molecule has 2 aromatic rings. The van der Waals surface area contributed by atoms with Gasteiger partial charge in [-0.3, -0.25) is 0 Å². The molecule has 0 unspecified atom stereocenters. The number of nitrogens with zero attached hydrogens (tertiary/aromatic N) is 3. The van der Waals surface area contributed by atoms with Gasteiger partial charge in [-0.05, 0) is 48.8 Å². The predicted octanol–water partition coefficient (Wildman–Crippen LogP) is 3.83. The second kappa shape index (κ2) is 8.52. The van der Waals surface area contributed by atoms with Crippen LogP contribution in [0.4, 0.5) is 0 Å². The summed E-state index contributed by atoms with van der Waals surface area (Å²) in [5.41, 5.74) is 1.12. The maximum Gasteiger partial charge on any atom is 0.161 e. The Morgan fingerprint density at radius 2 is 1.89 bits per heavy atom. The zero-order chi connectivity index (χ0) is 19.5. The quantitative estimate of drug-likeness (QED) is 0.691. The summed E-state index contributed by atoms with van der Waals surface area (Å²) in [5, 5.41) is 4.85. The minimum Gasteiger partial charge on any atom is -0.493 e. The van der Waals surface area contributed by atoms with Gasteiger partial charge in [-0.2, -0.15) is 5.10 Å². The molecule has 0 amide bonds. The monoisotopic (exact) mass is 385 g/mol. The Balaban J connectivity index is 1.58. The second-order valence-electron chi connectivity index (χ2n) is 8.01. The van der Waals surface area contributed by atoms with Gasteiger partial charge in [0.2, 0.25) is 0 Å². The van der Waals surface area contributed by atoms with Crippen LogP contribution in [0.3, 0.4) is 0 Å². The molecular formula is C22H31N3O3. The van der Waals surface area contributed by atoms with E-state index in [9.17, 15) is 0 Å². The van der Waals surface area contributed by atoms with Crippen molar-refractivity contribution in [1.29, 1.82) is 0 Å². The molecule has 6 heteroatoms. The van der Waals surface area contributed by atoms with Crippen LogP contribution in [0.25, 0.3) is 0 Å². The van der Waals surface area contributed by atoms with Crippen LogP contribution in [0.1, 0.15) is 55.2 Å². The smallest absolute Gasteiger partial charge is 0.161 e. The highest BCUT2D eigenvalue weighted by atomic mass is 16.5. The zero-order valence-electron chi connectivity index (χ0n) is 17.2. The predicted molar refractivity (Wildman–Crippen MR) is 107 cm³/mol. The molecule has 0 saturated heterocycles. The van der Waals surface area contributed by atoms with Crippen molar-refractivity contribution in [3.63, 3.8) is 0 Å². The lowest BCUT2D eigenvalue weighted by molar-refractivity contribution is 0.181. The first kappa shape index (κ1) is 19.2. The molecule has 152 valence electrons. The molecule has 2 aliphatic rings. The number of ether oxygens (including phenoxy) is 3. The molecule has 2 fully saturated rings. The lowest BCUT2D eigenvalue weighted by atomic mass is 9.91. The number of rotatable bonds is 8.